The van der Waals surface area contributed by atoms with E-state index in [-0.39, 0.29) is 23.8 Å². The second kappa shape index (κ2) is 5.28. The van der Waals surface area contributed by atoms with Crippen LogP contribution in [0.1, 0.15) is 27.2 Å². The van der Waals surface area contributed by atoms with E-state index in [1.165, 1.54) is 0 Å². The molecule has 1 saturated heterocycles. The van der Waals surface area contributed by atoms with Crippen molar-refractivity contribution >= 4 is 5.91 Å². The number of hydrogen-bond donors (Lipinski definition) is 2. The highest BCUT2D eigenvalue weighted by Crippen LogP contribution is 2.28. The van der Waals surface area contributed by atoms with Crippen molar-refractivity contribution in [1.82, 2.24) is 10.4 Å². The summed E-state index contributed by atoms with van der Waals surface area (Å²) in [7, 11) is 0. The van der Waals surface area contributed by atoms with Crippen molar-refractivity contribution in [1.29, 1.82) is 0 Å². The molecule has 2 N–H and O–H groups in total. The number of amides is 1. The molecule has 0 radical (unpaired) electrons. The number of hydrogen-bond acceptors (Lipinski definition) is 4. The predicted octanol–water partition coefficient (Wildman–Crippen LogP) is 0.659. The third-order valence-electron chi connectivity index (χ3n) is 3.65. The van der Waals surface area contributed by atoms with Gasteiger partial charge in [-0.3, -0.25) is 4.79 Å². The van der Waals surface area contributed by atoms with Gasteiger partial charge in [-0.25, -0.2) is 0 Å². The van der Waals surface area contributed by atoms with Gasteiger partial charge in [0, 0.05) is 12.6 Å². The lowest BCUT2D eigenvalue weighted by Crippen LogP contribution is -2.41. The van der Waals surface area contributed by atoms with Crippen LogP contribution in [0, 0.1) is 11.8 Å². The van der Waals surface area contributed by atoms with E-state index >= 15 is 0 Å². The van der Waals surface area contributed by atoms with Crippen LogP contribution in [-0.2, 0) is 9.63 Å². The molecule has 2 rings (SSSR count). The van der Waals surface area contributed by atoms with E-state index in [1.54, 1.807) is 4.90 Å². The molecule has 0 aliphatic carbocycles. The average Bonchev–Trinajstić information content (AvgIpc) is 2.88. The first-order chi connectivity index (χ1) is 8.50. The molecule has 18 heavy (non-hydrogen) atoms. The largest absolute Gasteiger partial charge is 0.412 e. The Morgan fingerprint density at radius 2 is 2.33 bits per heavy atom. The van der Waals surface area contributed by atoms with Gasteiger partial charge < -0.3 is 14.8 Å². The van der Waals surface area contributed by atoms with Gasteiger partial charge in [0.2, 0.25) is 5.91 Å². The van der Waals surface area contributed by atoms with Crippen molar-refractivity contribution in [2.45, 2.75) is 39.3 Å². The number of nitrogens with one attached hydrogen (secondary N) is 1. The molecule has 1 fully saturated rings. The molecule has 0 aromatic rings. The van der Waals surface area contributed by atoms with Gasteiger partial charge in [0.25, 0.3) is 0 Å². The molecule has 1 amide bonds. The third kappa shape index (κ3) is 2.52. The van der Waals surface area contributed by atoms with E-state index in [0.717, 1.165) is 0 Å². The maximum atomic E-state index is 12.6. The molecular weight excluding hydrogens is 232 g/mol. The molecule has 5 nitrogen and oxygen atoms in total. The van der Waals surface area contributed by atoms with E-state index < -0.39 is 6.10 Å². The minimum Gasteiger partial charge on any atom is -0.412 e. The Bertz CT molecular complexity index is 354. The lowest BCUT2D eigenvalue weighted by molar-refractivity contribution is -0.138. The summed E-state index contributed by atoms with van der Waals surface area (Å²) >= 11 is 0. The van der Waals surface area contributed by atoms with Gasteiger partial charge >= 0.3 is 0 Å². The lowest BCUT2D eigenvalue weighted by atomic mass is 9.92. The van der Waals surface area contributed by atoms with Gasteiger partial charge in [0.15, 0.2) is 0 Å². The normalized spacial score (nSPS) is 29.4. The zero-order valence-electron chi connectivity index (χ0n) is 11.2. The molecule has 0 saturated carbocycles. The van der Waals surface area contributed by atoms with Crippen LogP contribution in [0.5, 0.6) is 0 Å². The quantitative estimate of drug-likeness (QED) is 0.776. The Morgan fingerprint density at radius 3 is 2.78 bits per heavy atom. The van der Waals surface area contributed by atoms with Crippen molar-refractivity contribution in [2.24, 2.45) is 11.8 Å². The van der Waals surface area contributed by atoms with Gasteiger partial charge in [-0.1, -0.05) is 13.8 Å². The van der Waals surface area contributed by atoms with Crippen LogP contribution in [0.2, 0.25) is 0 Å². The Morgan fingerprint density at radius 1 is 1.61 bits per heavy atom. The van der Waals surface area contributed by atoms with Crippen LogP contribution in [-0.4, -0.2) is 41.1 Å². The summed E-state index contributed by atoms with van der Waals surface area (Å²) in [5, 5.41) is 9.65. The Kier molecular flexibility index (Phi) is 3.92. The number of rotatable bonds is 3. The van der Waals surface area contributed by atoms with Crippen molar-refractivity contribution in [2.75, 3.05) is 13.1 Å². The van der Waals surface area contributed by atoms with Gasteiger partial charge in [-0.2, -0.15) is 5.48 Å². The van der Waals surface area contributed by atoms with Gasteiger partial charge in [0.05, 0.1) is 12.6 Å². The van der Waals surface area contributed by atoms with E-state index in [0.29, 0.717) is 25.3 Å². The SMILES string of the molecule is CC(C)C(C(=O)N1CC(O)CC1C)C1=CCNO1. The summed E-state index contributed by atoms with van der Waals surface area (Å²) in [4.78, 5) is 19.7. The number of carbonyl (C=O) groups excluding carboxylic acids is 1. The van der Waals surface area contributed by atoms with E-state index in [1.807, 2.05) is 26.8 Å². The van der Waals surface area contributed by atoms with Gasteiger partial charge in [0.1, 0.15) is 11.7 Å². The van der Waals surface area contributed by atoms with Crippen LogP contribution in [0.4, 0.5) is 0 Å². The van der Waals surface area contributed by atoms with Crippen LogP contribution in [0.25, 0.3) is 0 Å². The van der Waals surface area contributed by atoms with Crippen LogP contribution >= 0.6 is 0 Å². The van der Waals surface area contributed by atoms with Crippen LogP contribution in [0.15, 0.2) is 11.8 Å². The van der Waals surface area contributed by atoms with E-state index in [2.05, 4.69) is 5.48 Å². The second-order valence-electron chi connectivity index (χ2n) is 5.51. The molecule has 0 aromatic carbocycles. The van der Waals surface area contributed by atoms with Gasteiger partial charge in [-0.15, -0.1) is 0 Å². The average molecular weight is 254 g/mol. The number of likely N-dealkylation sites (tertiary alicyclic amines) is 1. The first-order valence-electron chi connectivity index (χ1n) is 6.59. The fraction of sp³-hybridized carbons (Fsp3) is 0.769. The molecule has 0 aromatic heterocycles. The van der Waals surface area contributed by atoms with Crippen molar-refractivity contribution < 1.29 is 14.7 Å². The number of carbonyl (C=O) groups is 1. The predicted molar refractivity (Wildman–Crippen MR) is 67.3 cm³/mol. The fourth-order valence-corrected chi connectivity index (χ4v) is 2.72. The first-order valence-corrected chi connectivity index (χ1v) is 6.59. The summed E-state index contributed by atoms with van der Waals surface area (Å²) < 4.78 is 0. The molecular formula is C13H22N2O3. The van der Waals surface area contributed by atoms with Crippen molar-refractivity contribution in [3.05, 3.63) is 11.8 Å². The molecule has 2 heterocycles. The molecule has 2 aliphatic heterocycles. The van der Waals surface area contributed by atoms with E-state index in [4.69, 9.17) is 4.84 Å². The van der Waals surface area contributed by atoms with Crippen molar-refractivity contribution in [3.63, 3.8) is 0 Å². The highest BCUT2D eigenvalue weighted by molar-refractivity contribution is 5.82. The molecule has 102 valence electrons. The third-order valence-corrected chi connectivity index (χ3v) is 3.65. The molecule has 0 spiro atoms. The number of nitrogens with zero attached hydrogens (tertiary/aromatic N) is 1. The van der Waals surface area contributed by atoms with Crippen molar-refractivity contribution in [3.8, 4) is 0 Å². The molecule has 3 atom stereocenters. The van der Waals surface area contributed by atoms with Gasteiger partial charge in [-0.05, 0) is 25.3 Å². The van der Waals surface area contributed by atoms with Crippen LogP contribution in [0.3, 0.4) is 0 Å². The summed E-state index contributed by atoms with van der Waals surface area (Å²) in [6.45, 7) is 7.09. The Hall–Kier alpha value is -1.07. The first kappa shape index (κ1) is 13.4. The molecule has 0 bridgehead atoms. The summed E-state index contributed by atoms with van der Waals surface area (Å²) in [6.07, 6.45) is 2.18. The number of aliphatic hydroxyl groups excluding tert-OH is 1. The molecule has 2 aliphatic rings. The zero-order valence-corrected chi connectivity index (χ0v) is 11.2. The highest BCUT2D eigenvalue weighted by atomic mass is 16.7. The smallest absolute Gasteiger partial charge is 0.233 e. The van der Waals surface area contributed by atoms with E-state index in [9.17, 15) is 9.90 Å². The Balaban J connectivity index is 2.13. The number of hydroxylamine groups is 1. The highest BCUT2D eigenvalue weighted by Gasteiger charge is 2.38. The molecule has 5 heteroatoms. The maximum absolute atomic E-state index is 12.6. The minimum atomic E-state index is -0.395. The minimum absolute atomic E-state index is 0.0593. The maximum Gasteiger partial charge on any atom is 0.233 e. The summed E-state index contributed by atoms with van der Waals surface area (Å²) in [6, 6.07) is 0.101. The monoisotopic (exact) mass is 254 g/mol. The fourth-order valence-electron chi connectivity index (χ4n) is 2.72. The lowest BCUT2D eigenvalue weighted by Gasteiger charge is -2.28. The summed E-state index contributed by atoms with van der Waals surface area (Å²) in [5.41, 5.74) is 2.76. The Labute approximate surface area is 108 Å². The standard InChI is InChI=1S/C13H22N2O3/c1-8(2)12(11-4-5-14-18-11)13(17)15-7-10(16)6-9(15)3/h4,8-10,12,14,16H,5-7H2,1-3H3. The van der Waals surface area contributed by atoms with Crippen LogP contribution < -0.4 is 5.48 Å². The second-order valence-corrected chi connectivity index (χ2v) is 5.51. The number of aliphatic hydroxyl groups is 1. The summed E-state index contributed by atoms with van der Waals surface area (Å²) in [5.74, 6) is 0.689. The number of β-amino-alcohol motifs (C(OH)–C–C–N with tert-alkyl or cyclic N) is 1. The topological polar surface area (TPSA) is 61.8 Å². The molecule has 3 unspecified atom stereocenters. The zero-order chi connectivity index (χ0) is 13.3.